The second kappa shape index (κ2) is 7.05. The number of anilines is 1. The van der Waals surface area contributed by atoms with Crippen molar-refractivity contribution in [3.05, 3.63) is 54.0 Å². The summed E-state index contributed by atoms with van der Waals surface area (Å²) in [6.07, 6.45) is 4.01. The van der Waals surface area contributed by atoms with E-state index in [1.54, 1.807) is 29.6 Å². The molecule has 0 aliphatic carbocycles. The summed E-state index contributed by atoms with van der Waals surface area (Å²) >= 11 is 0. The fraction of sp³-hybridized carbons (Fsp3) is 0.227. The van der Waals surface area contributed by atoms with Crippen molar-refractivity contribution in [2.24, 2.45) is 7.05 Å². The number of hydrogen-bond donors (Lipinski definition) is 2. The first-order valence-electron chi connectivity index (χ1n) is 9.93. The van der Waals surface area contributed by atoms with Crippen molar-refractivity contribution in [1.82, 2.24) is 24.8 Å². The largest absolute Gasteiger partial charge is 0.384 e. The first-order chi connectivity index (χ1) is 14.9. The Morgan fingerprint density at radius 2 is 1.90 bits per heavy atom. The Morgan fingerprint density at radius 3 is 2.65 bits per heavy atom. The summed E-state index contributed by atoms with van der Waals surface area (Å²) in [7, 11) is 1.91. The average molecular weight is 416 g/mol. The average Bonchev–Trinajstić information content (AvgIpc) is 3.28. The minimum absolute atomic E-state index is 0.194. The number of nitrogens with one attached hydrogen (secondary N) is 1. The first kappa shape index (κ1) is 19.0. The van der Waals surface area contributed by atoms with Gasteiger partial charge in [0.1, 0.15) is 11.9 Å². The highest BCUT2D eigenvalue weighted by Gasteiger charge is 2.39. The molecule has 156 valence electrons. The molecule has 2 aliphatic rings. The Bertz CT molecular complexity index is 1230. The summed E-state index contributed by atoms with van der Waals surface area (Å²) in [5.74, 6) is -0.467. The zero-order valence-electron chi connectivity index (χ0n) is 16.8. The molecule has 0 saturated carbocycles. The van der Waals surface area contributed by atoms with Crippen molar-refractivity contribution in [3.63, 3.8) is 0 Å². The summed E-state index contributed by atoms with van der Waals surface area (Å²) < 4.78 is 1.91. The predicted molar refractivity (Wildman–Crippen MR) is 112 cm³/mol. The van der Waals surface area contributed by atoms with Gasteiger partial charge in [-0.3, -0.25) is 19.7 Å². The number of nitrogen functional groups attached to an aromatic ring is 1. The minimum atomic E-state index is -0.632. The molecule has 1 saturated heterocycles. The molecule has 3 aromatic rings. The third kappa shape index (κ3) is 3.14. The standard InChI is InChI=1S/C22H20N6O3/c1-27-11-25-19(20(27)13-3-6-17(23)24-9-13)12-2-4-15-14(8-12)10-28(22(15)31)16-5-7-18(29)26-21(16)30/h2-4,6,8-9,11,16H,5,7,10H2,1H3,(H2,23,24)(H,26,29,30)/t16-/m0/s1. The van der Waals surface area contributed by atoms with E-state index in [0.717, 1.165) is 28.1 Å². The number of rotatable bonds is 3. The normalized spacial score (nSPS) is 18.3. The number of imidazole rings is 1. The van der Waals surface area contributed by atoms with Crippen LogP contribution < -0.4 is 11.1 Å². The molecule has 0 spiro atoms. The van der Waals surface area contributed by atoms with Crippen LogP contribution in [0.4, 0.5) is 5.82 Å². The van der Waals surface area contributed by atoms with E-state index in [9.17, 15) is 14.4 Å². The summed E-state index contributed by atoms with van der Waals surface area (Å²) in [5.41, 5.74) is 10.5. The van der Waals surface area contributed by atoms with Crippen LogP contribution in [0.5, 0.6) is 0 Å². The highest BCUT2D eigenvalue weighted by Crippen LogP contribution is 2.34. The quantitative estimate of drug-likeness (QED) is 0.624. The van der Waals surface area contributed by atoms with Crippen LogP contribution in [0.2, 0.25) is 0 Å². The number of amides is 3. The molecule has 1 fully saturated rings. The number of benzene rings is 1. The van der Waals surface area contributed by atoms with Crippen LogP contribution in [0, 0.1) is 0 Å². The van der Waals surface area contributed by atoms with E-state index in [1.807, 2.05) is 29.8 Å². The first-order valence-corrected chi connectivity index (χ1v) is 9.93. The monoisotopic (exact) mass is 416 g/mol. The fourth-order valence-electron chi connectivity index (χ4n) is 4.25. The Morgan fingerprint density at radius 1 is 1.10 bits per heavy atom. The van der Waals surface area contributed by atoms with Gasteiger partial charge in [-0.2, -0.15) is 0 Å². The SMILES string of the molecule is Cn1cnc(-c2ccc3c(c2)CN([C@H]2CCC(=O)NC2=O)C3=O)c1-c1ccc(N)nc1. The van der Waals surface area contributed by atoms with Gasteiger partial charge < -0.3 is 15.2 Å². The van der Waals surface area contributed by atoms with Crippen LogP contribution in [-0.2, 0) is 23.2 Å². The molecule has 9 nitrogen and oxygen atoms in total. The van der Waals surface area contributed by atoms with Gasteiger partial charge in [-0.25, -0.2) is 9.97 Å². The summed E-state index contributed by atoms with van der Waals surface area (Å²) in [6, 6.07) is 8.58. The molecule has 1 aromatic carbocycles. The van der Waals surface area contributed by atoms with Gasteiger partial charge in [0.15, 0.2) is 0 Å². The molecule has 5 rings (SSSR count). The van der Waals surface area contributed by atoms with E-state index in [0.29, 0.717) is 24.3 Å². The van der Waals surface area contributed by atoms with Crippen molar-refractivity contribution < 1.29 is 14.4 Å². The third-order valence-corrected chi connectivity index (χ3v) is 5.79. The van der Waals surface area contributed by atoms with E-state index >= 15 is 0 Å². The molecule has 3 N–H and O–H groups in total. The number of nitrogens with zero attached hydrogens (tertiary/aromatic N) is 4. The topological polar surface area (TPSA) is 123 Å². The Balaban J connectivity index is 1.49. The van der Waals surface area contributed by atoms with Gasteiger partial charge in [0.2, 0.25) is 11.8 Å². The number of nitrogens with two attached hydrogens (primary N) is 1. The molecule has 2 aromatic heterocycles. The number of pyridine rings is 1. The van der Waals surface area contributed by atoms with Gasteiger partial charge in [0.25, 0.3) is 5.91 Å². The van der Waals surface area contributed by atoms with Crippen LogP contribution in [0.3, 0.4) is 0 Å². The number of piperidine rings is 1. The lowest BCUT2D eigenvalue weighted by molar-refractivity contribution is -0.136. The summed E-state index contributed by atoms with van der Waals surface area (Å²) in [5, 5.41) is 2.32. The Labute approximate surface area is 177 Å². The molecule has 31 heavy (non-hydrogen) atoms. The van der Waals surface area contributed by atoms with Crippen LogP contribution in [0.15, 0.2) is 42.9 Å². The molecule has 2 aliphatic heterocycles. The van der Waals surface area contributed by atoms with E-state index in [-0.39, 0.29) is 18.2 Å². The van der Waals surface area contributed by atoms with Gasteiger partial charge in [-0.15, -0.1) is 0 Å². The molecule has 0 radical (unpaired) electrons. The number of imide groups is 1. The highest BCUT2D eigenvalue weighted by atomic mass is 16.2. The van der Waals surface area contributed by atoms with E-state index < -0.39 is 11.9 Å². The number of carbonyl (C=O) groups is 3. The van der Waals surface area contributed by atoms with Crippen LogP contribution in [-0.4, -0.2) is 43.2 Å². The predicted octanol–water partition coefficient (Wildman–Crippen LogP) is 1.49. The lowest BCUT2D eigenvalue weighted by Gasteiger charge is -2.29. The summed E-state index contributed by atoms with van der Waals surface area (Å²) in [4.78, 5) is 46.9. The van der Waals surface area contributed by atoms with Crippen molar-refractivity contribution in [2.45, 2.75) is 25.4 Å². The maximum absolute atomic E-state index is 12.9. The van der Waals surface area contributed by atoms with Crippen LogP contribution >= 0.6 is 0 Å². The van der Waals surface area contributed by atoms with E-state index in [2.05, 4.69) is 15.3 Å². The molecule has 9 heteroatoms. The van der Waals surface area contributed by atoms with Crippen LogP contribution in [0.25, 0.3) is 22.5 Å². The lowest BCUT2D eigenvalue weighted by atomic mass is 10.0. The van der Waals surface area contributed by atoms with Gasteiger partial charge in [-0.1, -0.05) is 6.07 Å². The van der Waals surface area contributed by atoms with E-state index in [1.165, 1.54) is 0 Å². The zero-order valence-corrected chi connectivity index (χ0v) is 16.8. The summed E-state index contributed by atoms with van der Waals surface area (Å²) in [6.45, 7) is 0.319. The number of fused-ring (bicyclic) bond motifs is 1. The second-order valence-corrected chi connectivity index (χ2v) is 7.80. The van der Waals surface area contributed by atoms with Gasteiger partial charge >= 0.3 is 0 Å². The third-order valence-electron chi connectivity index (χ3n) is 5.79. The van der Waals surface area contributed by atoms with Crippen molar-refractivity contribution in [2.75, 3.05) is 5.73 Å². The zero-order chi connectivity index (χ0) is 21.7. The molecule has 4 heterocycles. The molecule has 0 bridgehead atoms. The molecular weight excluding hydrogens is 396 g/mol. The number of hydrogen-bond acceptors (Lipinski definition) is 6. The van der Waals surface area contributed by atoms with Gasteiger partial charge in [0, 0.05) is 42.9 Å². The number of aryl methyl sites for hydroxylation is 1. The Kier molecular flexibility index (Phi) is 4.32. The van der Waals surface area contributed by atoms with E-state index in [4.69, 9.17) is 5.73 Å². The lowest BCUT2D eigenvalue weighted by Crippen LogP contribution is -2.52. The van der Waals surface area contributed by atoms with Gasteiger partial charge in [-0.05, 0) is 36.2 Å². The number of aromatic nitrogens is 3. The van der Waals surface area contributed by atoms with Crippen molar-refractivity contribution in [1.29, 1.82) is 0 Å². The Hall–Kier alpha value is -4.01. The van der Waals surface area contributed by atoms with Gasteiger partial charge in [0.05, 0.1) is 17.7 Å². The van der Waals surface area contributed by atoms with Crippen molar-refractivity contribution in [3.8, 4) is 22.5 Å². The smallest absolute Gasteiger partial charge is 0.255 e. The number of carbonyl (C=O) groups excluding carboxylic acids is 3. The maximum Gasteiger partial charge on any atom is 0.255 e. The second-order valence-electron chi connectivity index (χ2n) is 7.80. The van der Waals surface area contributed by atoms with Crippen LogP contribution in [0.1, 0.15) is 28.8 Å². The fourth-order valence-corrected chi connectivity index (χ4v) is 4.25. The maximum atomic E-state index is 12.9. The highest BCUT2D eigenvalue weighted by molar-refractivity contribution is 6.05. The minimum Gasteiger partial charge on any atom is -0.384 e. The molecule has 3 amide bonds. The molecule has 1 atom stereocenters. The molecule has 0 unspecified atom stereocenters. The van der Waals surface area contributed by atoms with Crippen molar-refractivity contribution >= 4 is 23.5 Å². The molecular formula is C22H20N6O3.